The first-order valence-corrected chi connectivity index (χ1v) is 6.45. The maximum atomic E-state index is 12.4. The third kappa shape index (κ3) is 2.02. The number of hydrogen-bond donors (Lipinski definition) is 1. The second-order valence-electron chi connectivity index (χ2n) is 4.76. The maximum Gasteiger partial charge on any atom is 0.255 e. The van der Waals surface area contributed by atoms with Crippen LogP contribution in [-0.4, -0.2) is 17.4 Å². The fourth-order valence-corrected chi connectivity index (χ4v) is 2.66. The molecule has 96 valence electrons. The molecular weight excluding hydrogens is 236 g/mol. The molecule has 3 heteroatoms. The number of rotatable bonds is 3. The van der Waals surface area contributed by atoms with E-state index in [9.17, 15) is 4.79 Å². The van der Waals surface area contributed by atoms with E-state index in [0.29, 0.717) is 13.1 Å². The van der Waals surface area contributed by atoms with Crippen molar-refractivity contribution < 1.29 is 4.79 Å². The normalized spacial score (nSPS) is 17.6. The van der Waals surface area contributed by atoms with Crippen molar-refractivity contribution in [3.63, 3.8) is 0 Å². The smallest absolute Gasteiger partial charge is 0.255 e. The van der Waals surface area contributed by atoms with Crippen molar-refractivity contribution in [1.29, 1.82) is 0 Å². The Labute approximate surface area is 112 Å². The minimum atomic E-state index is -0.0103. The molecule has 0 fully saturated rings. The summed E-state index contributed by atoms with van der Waals surface area (Å²) in [6, 6.07) is 17.7. The Hall–Kier alpha value is -2.13. The number of nitrogens with zero attached hydrogens (tertiary/aromatic N) is 1. The summed E-state index contributed by atoms with van der Waals surface area (Å²) in [6.07, 6.45) is 0. The first-order chi connectivity index (χ1) is 9.31. The molecule has 19 heavy (non-hydrogen) atoms. The Morgan fingerprint density at radius 1 is 1.00 bits per heavy atom. The van der Waals surface area contributed by atoms with Crippen LogP contribution in [0, 0.1) is 0 Å². The van der Waals surface area contributed by atoms with Crippen LogP contribution < -0.4 is 5.73 Å². The van der Waals surface area contributed by atoms with Crippen LogP contribution in [0.1, 0.15) is 27.5 Å². The van der Waals surface area contributed by atoms with Gasteiger partial charge in [0.1, 0.15) is 0 Å². The fraction of sp³-hybridized carbons (Fsp3) is 0.188. The molecule has 0 spiro atoms. The first kappa shape index (κ1) is 11.9. The molecule has 2 aromatic rings. The molecule has 1 aliphatic rings. The second kappa shape index (κ2) is 4.86. The summed E-state index contributed by atoms with van der Waals surface area (Å²) < 4.78 is 0. The molecule has 0 unspecified atom stereocenters. The highest BCUT2D eigenvalue weighted by atomic mass is 16.2. The molecular formula is C16H16N2O. The molecule has 2 N–H and O–H groups in total. The van der Waals surface area contributed by atoms with Gasteiger partial charge in [0, 0.05) is 18.7 Å². The monoisotopic (exact) mass is 252 g/mol. The van der Waals surface area contributed by atoms with Gasteiger partial charge < -0.3 is 10.6 Å². The minimum Gasteiger partial charge on any atom is -0.328 e. The van der Waals surface area contributed by atoms with Gasteiger partial charge in [0.25, 0.3) is 5.91 Å². The molecule has 3 nitrogen and oxygen atoms in total. The van der Waals surface area contributed by atoms with Crippen molar-refractivity contribution >= 4 is 5.91 Å². The van der Waals surface area contributed by atoms with Gasteiger partial charge in [0.15, 0.2) is 0 Å². The van der Waals surface area contributed by atoms with E-state index in [1.807, 2.05) is 59.5 Å². The predicted octanol–water partition coefficient (Wildman–Crippen LogP) is 2.34. The largest absolute Gasteiger partial charge is 0.328 e. The number of benzene rings is 2. The van der Waals surface area contributed by atoms with Crippen LogP contribution in [-0.2, 0) is 6.54 Å². The van der Waals surface area contributed by atoms with Gasteiger partial charge in [-0.05, 0) is 17.2 Å². The lowest BCUT2D eigenvalue weighted by atomic mass is 10.1. The Balaban J connectivity index is 1.93. The lowest BCUT2D eigenvalue weighted by Gasteiger charge is -2.24. The lowest BCUT2D eigenvalue weighted by Crippen LogP contribution is -2.31. The van der Waals surface area contributed by atoms with Crippen LogP contribution in [0.15, 0.2) is 54.6 Å². The summed E-state index contributed by atoms with van der Waals surface area (Å²) >= 11 is 0. The number of carbonyl (C=O) groups is 1. The van der Waals surface area contributed by atoms with Crippen LogP contribution in [0.4, 0.5) is 0 Å². The van der Waals surface area contributed by atoms with Gasteiger partial charge in [0.05, 0.1) is 6.04 Å². The molecule has 1 heterocycles. The van der Waals surface area contributed by atoms with Gasteiger partial charge in [-0.1, -0.05) is 48.5 Å². The summed E-state index contributed by atoms with van der Waals surface area (Å²) in [7, 11) is 0. The average molecular weight is 252 g/mol. The van der Waals surface area contributed by atoms with E-state index >= 15 is 0 Å². The van der Waals surface area contributed by atoms with Gasteiger partial charge in [-0.2, -0.15) is 0 Å². The van der Waals surface area contributed by atoms with Crippen molar-refractivity contribution in [3.8, 4) is 0 Å². The lowest BCUT2D eigenvalue weighted by molar-refractivity contribution is 0.0715. The maximum absolute atomic E-state index is 12.4. The molecule has 0 bridgehead atoms. The fourth-order valence-electron chi connectivity index (χ4n) is 2.66. The van der Waals surface area contributed by atoms with E-state index < -0.39 is 0 Å². The number of amides is 1. The van der Waals surface area contributed by atoms with Crippen LogP contribution in [0.3, 0.4) is 0 Å². The summed E-state index contributed by atoms with van der Waals surface area (Å²) in [5.74, 6) is 0.0786. The van der Waals surface area contributed by atoms with Gasteiger partial charge in [-0.3, -0.25) is 4.79 Å². The summed E-state index contributed by atoms with van der Waals surface area (Å²) in [5, 5.41) is 0. The van der Waals surface area contributed by atoms with Gasteiger partial charge >= 0.3 is 0 Å². The molecule has 1 aliphatic heterocycles. The van der Waals surface area contributed by atoms with Crippen molar-refractivity contribution in [2.45, 2.75) is 12.6 Å². The molecule has 3 rings (SSSR count). The van der Waals surface area contributed by atoms with Crippen molar-refractivity contribution in [1.82, 2.24) is 4.90 Å². The molecule has 0 aromatic heterocycles. The van der Waals surface area contributed by atoms with Crippen LogP contribution in [0.2, 0.25) is 0 Å². The molecule has 0 radical (unpaired) electrons. The van der Waals surface area contributed by atoms with E-state index in [2.05, 4.69) is 0 Å². The average Bonchev–Trinajstić information content (AvgIpc) is 2.73. The van der Waals surface area contributed by atoms with Crippen molar-refractivity contribution in [2.75, 3.05) is 6.54 Å². The van der Waals surface area contributed by atoms with Gasteiger partial charge in [-0.15, -0.1) is 0 Å². The SMILES string of the molecule is NC[C@@H]1c2ccccc2C(=O)N1Cc1ccccc1. The zero-order valence-corrected chi connectivity index (χ0v) is 10.6. The Bertz CT molecular complexity index is 595. The molecule has 0 aliphatic carbocycles. The van der Waals surface area contributed by atoms with E-state index in [-0.39, 0.29) is 11.9 Å². The third-order valence-corrected chi connectivity index (χ3v) is 3.61. The number of nitrogens with two attached hydrogens (primary N) is 1. The standard InChI is InChI=1S/C16H16N2O/c17-10-15-13-8-4-5-9-14(13)16(19)18(15)11-12-6-2-1-3-7-12/h1-9,15H,10-11,17H2/t15-/m1/s1. The van der Waals surface area contributed by atoms with Crippen LogP contribution >= 0.6 is 0 Å². The molecule has 0 saturated carbocycles. The van der Waals surface area contributed by atoms with Crippen LogP contribution in [0.5, 0.6) is 0 Å². The van der Waals surface area contributed by atoms with E-state index in [0.717, 1.165) is 16.7 Å². The Morgan fingerprint density at radius 3 is 2.42 bits per heavy atom. The second-order valence-corrected chi connectivity index (χ2v) is 4.76. The molecule has 1 amide bonds. The number of carbonyl (C=O) groups excluding carboxylic acids is 1. The van der Waals surface area contributed by atoms with Crippen molar-refractivity contribution in [2.24, 2.45) is 5.73 Å². The molecule has 2 aromatic carbocycles. The molecule has 0 saturated heterocycles. The van der Waals surface area contributed by atoms with E-state index in [4.69, 9.17) is 5.73 Å². The summed E-state index contributed by atoms with van der Waals surface area (Å²) in [5.41, 5.74) is 8.82. The highest BCUT2D eigenvalue weighted by molar-refractivity contribution is 5.99. The Morgan fingerprint density at radius 2 is 1.68 bits per heavy atom. The summed E-state index contributed by atoms with van der Waals surface area (Å²) in [4.78, 5) is 14.3. The highest BCUT2D eigenvalue weighted by Crippen LogP contribution is 2.33. The zero-order chi connectivity index (χ0) is 13.2. The molecule has 1 atom stereocenters. The van der Waals surface area contributed by atoms with E-state index in [1.165, 1.54) is 0 Å². The number of hydrogen-bond acceptors (Lipinski definition) is 2. The minimum absolute atomic E-state index is 0.0103. The zero-order valence-electron chi connectivity index (χ0n) is 10.6. The van der Waals surface area contributed by atoms with Crippen molar-refractivity contribution in [3.05, 3.63) is 71.3 Å². The first-order valence-electron chi connectivity index (χ1n) is 6.45. The third-order valence-electron chi connectivity index (χ3n) is 3.61. The number of fused-ring (bicyclic) bond motifs is 1. The van der Waals surface area contributed by atoms with Gasteiger partial charge in [0.2, 0.25) is 0 Å². The van der Waals surface area contributed by atoms with Gasteiger partial charge in [-0.25, -0.2) is 0 Å². The quantitative estimate of drug-likeness (QED) is 0.911. The van der Waals surface area contributed by atoms with Crippen LogP contribution in [0.25, 0.3) is 0 Å². The predicted molar refractivity (Wildman–Crippen MR) is 74.6 cm³/mol. The topological polar surface area (TPSA) is 46.3 Å². The highest BCUT2D eigenvalue weighted by Gasteiger charge is 2.35. The Kier molecular flexibility index (Phi) is 3.05. The summed E-state index contributed by atoms with van der Waals surface area (Å²) in [6.45, 7) is 1.06. The van der Waals surface area contributed by atoms with E-state index in [1.54, 1.807) is 0 Å².